The first-order valence-electron chi connectivity index (χ1n) is 12.6. The van der Waals surface area contributed by atoms with Crippen LogP contribution in [0, 0.1) is 0 Å². The van der Waals surface area contributed by atoms with Gasteiger partial charge in [-0.1, -0.05) is 96.5 Å². The number of ether oxygens (including phenoxy) is 1. The normalized spacial score (nSPS) is 16.6. The zero-order valence-electron chi connectivity index (χ0n) is 21.1. The SMILES string of the molecule is CC(=O)NC1=C(c2cccc(Cl)c2)NC(c2ccc(-c3ccc4ccccc4c3)cc2)(c2ccccc2O)O1. The predicted molar refractivity (Wildman–Crippen MR) is 155 cm³/mol. The summed E-state index contributed by atoms with van der Waals surface area (Å²) in [7, 11) is 0. The van der Waals surface area contributed by atoms with Crippen LogP contribution < -0.4 is 10.6 Å². The van der Waals surface area contributed by atoms with Crippen LogP contribution in [-0.4, -0.2) is 11.0 Å². The van der Waals surface area contributed by atoms with E-state index in [9.17, 15) is 9.90 Å². The van der Waals surface area contributed by atoms with Crippen molar-refractivity contribution in [3.8, 4) is 16.9 Å². The molecule has 0 saturated heterocycles. The summed E-state index contributed by atoms with van der Waals surface area (Å²) in [4.78, 5) is 12.2. The first-order chi connectivity index (χ1) is 18.9. The average Bonchev–Trinajstić information content (AvgIpc) is 3.32. The number of hydrogen-bond acceptors (Lipinski definition) is 4. The second-order valence-electron chi connectivity index (χ2n) is 9.46. The molecule has 1 atom stereocenters. The van der Waals surface area contributed by atoms with Crippen molar-refractivity contribution in [2.75, 3.05) is 0 Å². The molecule has 39 heavy (non-hydrogen) atoms. The van der Waals surface area contributed by atoms with Gasteiger partial charge in [0.05, 0.1) is 5.56 Å². The molecule has 6 rings (SSSR count). The Bertz CT molecular complexity index is 1750. The lowest BCUT2D eigenvalue weighted by Gasteiger charge is -2.32. The molecular weight excluding hydrogens is 508 g/mol. The number of rotatable bonds is 5. The topological polar surface area (TPSA) is 70.6 Å². The molecule has 1 aliphatic rings. The van der Waals surface area contributed by atoms with Gasteiger partial charge in [-0.15, -0.1) is 0 Å². The Morgan fingerprint density at radius 2 is 1.51 bits per heavy atom. The van der Waals surface area contributed by atoms with Crippen molar-refractivity contribution < 1.29 is 14.6 Å². The summed E-state index contributed by atoms with van der Waals surface area (Å²) in [6.45, 7) is 1.42. The molecule has 0 aromatic heterocycles. The molecule has 1 amide bonds. The number of phenolic OH excluding ortho intramolecular Hbond substituents is 1. The van der Waals surface area contributed by atoms with Gasteiger partial charge in [-0.25, -0.2) is 0 Å². The summed E-state index contributed by atoms with van der Waals surface area (Å²) in [6.07, 6.45) is 0. The van der Waals surface area contributed by atoms with E-state index in [1.165, 1.54) is 17.7 Å². The number of carbonyl (C=O) groups excluding carboxylic acids is 1. The fraction of sp³-hybridized carbons (Fsp3) is 0.0606. The number of aromatic hydroxyl groups is 1. The minimum absolute atomic E-state index is 0.0538. The van der Waals surface area contributed by atoms with Gasteiger partial charge < -0.3 is 15.2 Å². The Kier molecular flexibility index (Phi) is 6.21. The van der Waals surface area contributed by atoms with Crippen LogP contribution in [0.15, 0.2) is 121 Å². The maximum atomic E-state index is 12.2. The molecule has 5 nitrogen and oxygen atoms in total. The van der Waals surface area contributed by atoms with Crippen LogP contribution in [0.25, 0.3) is 27.6 Å². The van der Waals surface area contributed by atoms with E-state index in [4.69, 9.17) is 16.3 Å². The minimum atomic E-state index is -1.32. The maximum Gasteiger partial charge on any atom is 0.239 e. The summed E-state index contributed by atoms with van der Waals surface area (Å²) in [5.41, 5.74) is 3.35. The van der Waals surface area contributed by atoms with E-state index in [-0.39, 0.29) is 17.5 Å². The highest BCUT2D eigenvalue weighted by Crippen LogP contribution is 2.44. The lowest BCUT2D eigenvalue weighted by atomic mass is 9.91. The summed E-state index contributed by atoms with van der Waals surface area (Å²) in [6, 6.07) is 36.9. The number of nitrogens with one attached hydrogen (secondary N) is 2. The van der Waals surface area contributed by atoms with Gasteiger partial charge in [0.2, 0.25) is 17.5 Å². The smallest absolute Gasteiger partial charge is 0.239 e. The molecule has 0 bridgehead atoms. The molecule has 3 N–H and O–H groups in total. The highest BCUT2D eigenvalue weighted by Gasteiger charge is 2.46. The molecule has 0 saturated carbocycles. The zero-order valence-corrected chi connectivity index (χ0v) is 21.9. The van der Waals surface area contributed by atoms with Crippen molar-refractivity contribution in [1.82, 2.24) is 10.6 Å². The average molecular weight is 533 g/mol. The Balaban J connectivity index is 1.46. The molecule has 1 aliphatic heterocycles. The van der Waals surface area contributed by atoms with Crippen LogP contribution in [0.3, 0.4) is 0 Å². The van der Waals surface area contributed by atoms with Gasteiger partial charge in [0, 0.05) is 23.1 Å². The number of amides is 1. The number of para-hydroxylation sites is 1. The lowest BCUT2D eigenvalue weighted by molar-refractivity contribution is -0.119. The number of hydrogen-bond donors (Lipinski definition) is 3. The first-order valence-corrected chi connectivity index (χ1v) is 12.9. The van der Waals surface area contributed by atoms with E-state index in [2.05, 4.69) is 41.0 Å². The first kappa shape index (κ1) is 24.6. The van der Waals surface area contributed by atoms with Crippen LogP contribution in [-0.2, 0) is 15.3 Å². The van der Waals surface area contributed by atoms with Crippen molar-refractivity contribution in [2.24, 2.45) is 0 Å². The van der Waals surface area contributed by atoms with Gasteiger partial charge in [-0.2, -0.15) is 0 Å². The molecule has 0 fully saturated rings. The Morgan fingerprint density at radius 3 is 2.26 bits per heavy atom. The zero-order chi connectivity index (χ0) is 27.0. The predicted octanol–water partition coefficient (Wildman–Crippen LogP) is 7.15. The van der Waals surface area contributed by atoms with Gasteiger partial charge >= 0.3 is 0 Å². The molecule has 192 valence electrons. The fourth-order valence-electron chi connectivity index (χ4n) is 5.00. The van der Waals surface area contributed by atoms with Gasteiger partial charge in [0.15, 0.2) is 0 Å². The molecule has 0 aliphatic carbocycles. The molecule has 0 radical (unpaired) electrons. The van der Waals surface area contributed by atoms with E-state index in [1.807, 2.05) is 54.6 Å². The van der Waals surface area contributed by atoms with Crippen molar-refractivity contribution in [3.63, 3.8) is 0 Å². The number of halogens is 1. The van der Waals surface area contributed by atoms with E-state index in [0.29, 0.717) is 16.3 Å². The number of phenols is 1. The largest absolute Gasteiger partial charge is 0.507 e. The van der Waals surface area contributed by atoms with Crippen molar-refractivity contribution in [2.45, 2.75) is 12.6 Å². The lowest BCUT2D eigenvalue weighted by Crippen LogP contribution is -2.40. The second-order valence-corrected chi connectivity index (χ2v) is 9.90. The summed E-state index contributed by atoms with van der Waals surface area (Å²) in [5, 5.41) is 20.1. The molecule has 1 heterocycles. The van der Waals surface area contributed by atoms with Crippen LogP contribution in [0.5, 0.6) is 5.75 Å². The Labute approximate surface area is 231 Å². The van der Waals surface area contributed by atoms with E-state index in [1.54, 1.807) is 30.3 Å². The van der Waals surface area contributed by atoms with Gasteiger partial charge in [0.1, 0.15) is 11.4 Å². The highest BCUT2D eigenvalue weighted by molar-refractivity contribution is 6.30. The Hall–Kier alpha value is -4.74. The minimum Gasteiger partial charge on any atom is -0.507 e. The van der Waals surface area contributed by atoms with E-state index < -0.39 is 5.72 Å². The summed E-state index contributed by atoms with van der Waals surface area (Å²) < 4.78 is 6.56. The molecule has 0 spiro atoms. The number of fused-ring (bicyclic) bond motifs is 1. The van der Waals surface area contributed by atoms with Gasteiger partial charge in [0.25, 0.3) is 0 Å². The van der Waals surface area contributed by atoms with E-state index in [0.717, 1.165) is 22.3 Å². The second kappa shape index (κ2) is 9.86. The monoisotopic (exact) mass is 532 g/mol. The molecule has 1 unspecified atom stereocenters. The molecule has 5 aromatic rings. The summed E-state index contributed by atoms with van der Waals surface area (Å²) >= 11 is 6.30. The Morgan fingerprint density at radius 1 is 0.795 bits per heavy atom. The van der Waals surface area contributed by atoms with Crippen LogP contribution in [0.4, 0.5) is 0 Å². The third-order valence-corrected chi connectivity index (χ3v) is 7.08. The van der Waals surface area contributed by atoms with Crippen molar-refractivity contribution in [1.29, 1.82) is 0 Å². The standard InChI is InChI=1S/C33H25ClN2O3/c1-21(37)35-32-31(26-9-6-10-28(34)20-26)36-33(39-32,29-11-4-5-12-30(29)38)27-17-15-23(16-18-27)25-14-13-22-7-2-3-8-24(22)19-25/h2-20,36,38H,1H3,(H,35,37). The summed E-state index contributed by atoms with van der Waals surface area (Å²) in [5.74, 6) is 0.0100. The van der Waals surface area contributed by atoms with Crippen LogP contribution in [0.1, 0.15) is 23.6 Å². The maximum absolute atomic E-state index is 12.2. The third kappa shape index (κ3) is 4.58. The van der Waals surface area contributed by atoms with Crippen LogP contribution >= 0.6 is 11.6 Å². The van der Waals surface area contributed by atoms with Gasteiger partial charge in [-0.05, 0) is 52.2 Å². The number of carbonyl (C=O) groups is 1. The van der Waals surface area contributed by atoms with E-state index >= 15 is 0 Å². The quantitative estimate of drug-likeness (QED) is 0.225. The number of benzene rings is 5. The molecular formula is C33H25ClN2O3. The highest BCUT2D eigenvalue weighted by atomic mass is 35.5. The van der Waals surface area contributed by atoms with Crippen molar-refractivity contribution >= 4 is 34.0 Å². The fourth-order valence-corrected chi connectivity index (χ4v) is 5.19. The third-order valence-electron chi connectivity index (χ3n) is 6.84. The molecule has 5 aromatic carbocycles. The van der Waals surface area contributed by atoms with Crippen LogP contribution in [0.2, 0.25) is 5.02 Å². The van der Waals surface area contributed by atoms with Crippen molar-refractivity contribution in [3.05, 3.63) is 143 Å². The van der Waals surface area contributed by atoms with Gasteiger partial charge in [-0.3, -0.25) is 10.1 Å². The molecule has 6 heteroatoms.